The number of carbonyl (C=O) groups excluding carboxylic acids is 3. The zero-order valence-corrected chi connectivity index (χ0v) is 25.9. The van der Waals surface area contributed by atoms with Gasteiger partial charge in [-0.05, 0) is 49.4 Å². The fourth-order valence-corrected chi connectivity index (χ4v) is 5.65. The van der Waals surface area contributed by atoms with Crippen LogP contribution in [0.2, 0.25) is 0 Å². The Morgan fingerprint density at radius 2 is 1.73 bits per heavy atom. The van der Waals surface area contributed by atoms with Gasteiger partial charge in [-0.25, -0.2) is 9.59 Å². The van der Waals surface area contributed by atoms with Gasteiger partial charge in [-0.3, -0.25) is 9.36 Å². The number of thiophene rings is 1. The van der Waals surface area contributed by atoms with Crippen LogP contribution in [0.25, 0.3) is 0 Å². The molecule has 0 unspecified atom stereocenters. The maximum Gasteiger partial charge on any atom is 0.348 e. The number of rotatable bonds is 13. The maximum absolute atomic E-state index is 12.9. The molecular formula is C29H36N4O6S2. The molecule has 12 heteroatoms. The summed E-state index contributed by atoms with van der Waals surface area (Å²) in [5.41, 5.74) is 1.80. The molecule has 0 bridgehead atoms. The van der Waals surface area contributed by atoms with Crippen molar-refractivity contribution in [3.63, 3.8) is 0 Å². The number of amides is 1. The first kappa shape index (κ1) is 31.9. The average Bonchev–Trinajstić information content (AvgIpc) is 3.46. The lowest BCUT2D eigenvalue weighted by Crippen LogP contribution is -2.17. The van der Waals surface area contributed by atoms with Crippen molar-refractivity contribution in [1.29, 1.82) is 0 Å². The second kappa shape index (κ2) is 14.3. The summed E-state index contributed by atoms with van der Waals surface area (Å²) in [6.45, 7) is 16.2. The molecule has 1 N–H and O–H groups in total. The van der Waals surface area contributed by atoms with Gasteiger partial charge >= 0.3 is 11.9 Å². The summed E-state index contributed by atoms with van der Waals surface area (Å²) in [7, 11) is 0. The van der Waals surface area contributed by atoms with Crippen LogP contribution < -0.4 is 10.1 Å². The van der Waals surface area contributed by atoms with E-state index in [4.69, 9.17) is 14.2 Å². The summed E-state index contributed by atoms with van der Waals surface area (Å²) in [6, 6.07) is 7.95. The van der Waals surface area contributed by atoms with E-state index in [9.17, 15) is 14.4 Å². The van der Waals surface area contributed by atoms with Gasteiger partial charge in [0.05, 0.1) is 24.5 Å². The van der Waals surface area contributed by atoms with Crippen molar-refractivity contribution in [3.8, 4) is 5.75 Å². The van der Waals surface area contributed by atoms with E-state index in [0.717, 1.165) is 11.3 Å². The Morgan fingerprint density at radius 3 is 2.34 bits per heavy atom. The van der Waals surface area contributed by atoms with E-state index < -0.39 is 11.9 Å². The third-order valence-electron chi connectivity index (χ3n) is 5.87. The summed E-state index contributed by atoms with van der Waals surface area (Å²) in [5.74, 6) is -0.285. The molecule has 41 heavy (non-hydrogen) atoms. The second-order valence-electron chi connectivity index (χ2n) is 9.90. The highest BCUT2D eigenvalue weighted by molar-refractivity contribution is 7.99. The minimum atomic E-state index is -0.622. The highest BCUT2D eigenvalue weighted by Gasteiger charge is 2.27. The summed E-state index contributed by atoms with van der Waals surface area (Å²) in [6.07, 6.45) is 1.71. The van der Waals surface area contributed by atoms with E-state index >= 15 is 0 Å². The molecule has 0 radical (unpaired) electrons. The van der Waals surface area contributed by atoms with E-state index in [0.29, 0.717) is 28.8 Å². The van der Waals surface area contributed by atoms with E-state index in [1.807, 2.05) is 28.8 Å². The fraction of sp³-hybridized carbons (Fsp3) is 0.414. The predicted molar refractivity (Wildman–Crippen MR) is 160 cm³/mol. The van der Waals surface area contributed by atoms with Crippen LogP contribution in [0.5, 0.6) is 5.75 Å². The number of carbonyl (C=O) groups is 3. The lowest BCUT2D eigenvalue weighted by Gasteiger charge is -2.19. The van der Waals surface area contributed by atoms with Crippen molar-refractivity contribution in [3.05, 3.63) is 64.3 Å². The molecule has 0 atom stereocenters. The van der Waals surface area contributed by atoms with Gasteiger partial charge in [0.2, 0.25) is 5.91 Å². The molecule has 1 aromatic carbocycles. The molecule has 1 amide bonds. The van der Waals surface area contributed by atoms with Crippen LogP contribution >= 0.6 is 23.1 Å². The van der Waals surface area contributed by atoms with E-state index in [1.54, 1.807) is 26.8 Å². The van der Waals surface area contributed by atoms with Gasteiger partial charge in [-0.2, -0.15) is 0 Å². The average molecular weight is 601 g/mol. The molecule has 2 aromatic heterocycles. The van der Waals surface area contributed by atoms with Crippen LogP contribution in [0.15, 0.2) is 42.1 Å². The number of esters is 2. The first-order valence-corrected chi connectivity index (χ1v) is 15.0. The first-order valence-electron chi connectivity index (χ1n) is 13.2. The van der Waals surface area contributed by atoms with Gasteiger partial charge in [0.15, 0.2) is 11.0 Å². The quantitative estimate of drug-likeness (QED) is 0.147. The Morgan fingerprint density at radius 1 is 1.07 bits per heavy atom. The zero-order chi connectivity index (χ0) is 30.2. The number of hydrogen-bond acceptors (Lipinski definition) is 10. The third-order valence-corrected chi connectivity index (χ3v) is 8.02. The number of nitrogens with zero attached hydrogens (tertiary/aromatic N) is 3. The summed E-state index contributed by atoms with van der Waals surface area (Å²) in [4.78, 5) is 38.2. The Balaban J connectivity index is 1.70. The van der Waals surface area contributed by atoms with Gasteiger partial charge in [-0.1, -0.05) is 50.7 Å². The molecule has 0 aliphatic heterocycles. The molecule has 0 spiro atoms. The molecular weight excluding hydrogens is 564 g/mol. The van der Waals surface area contributed by atoms with Gasteiger partial charge in [0.1, 0.15) is 22.2 Å². The standard InChI is InChI=1S/C29H36N4O6S2/c1-8-15-33-21(16-39-20-13-11-19(12-14-20)29(5,6)7)31-32-28(33)40-17-22(34)30-25-23(26(35)37-9-2)18(4)24(41-25)27(36)38-10-3/h8,11-14H,1,9-10,15-17H2,2-7H3,(H,30,34). The number of anilines is 1. The van der Waals surface area contributed by atoms with E-state index in [2.05, 4.69) is 42.9 Å². The number of ether oxygens (including phenoxy) is 3. The van der Waals surface area contributed by atoms with E-state index in [1.165, 1.54) is 17.3 Å². The van der Waals surface area contributed by atoms with Crippen LogP contribution in [-0.4, -0.2) is 51.6 Å². The molecule has 3 rings (SSSR count). The molecule has 0 aliphatic carbocycles. The summed E-state index contributed by atoms with van der Waals surface area (Å²) >= 11 is 2.16. The first-order chi connectivity index (χ1) is 19.5. The number of allylic oxidation sites excluding steroid dienone is 1. The SMILES string of the molecule is C=CCn1c(COc2ccc(C(C)(C)C)cc2)nnc1SCC(=O)Nc1sc(C(=O)OCC)c(C)c1C(=O)OCC. The van der Waals surface area contributed by atoms with Crippen LogP contribution in [0.1, 0.15) is 71.6 Å². The van der Waals surface area contributed by atoms with Crippen LogP contribution in [0.3, 0.4) is 0 Å². The van der Waals surface area contributed by atoms with Crippen molar-refractivity contribution in [1.82, 2.24) is 14.8 Å². The molecule has 3 aromatic rings. The van der Waals surface area contributed by atoms with E-state index in [-0.39, 0.29) is 52.3 Å². The fourth-order valence-electron chi connectivity index (χ4n) is 3.78. The number of thioether (sulfide) groups is 1. The highest BCUT2D eigenvalue weighted by atomic mass is 32.2. The lowest BCUT2D eigenvalue weighted by atomic mass is 9.87. The summed E-state index contributed by atoms with van der Waals surface area (Å²) < 4.78 is 18.0. The number of aromatic nitrogens is 3. The highest BCUT2D eigenvalue weighted by Crippen LogP contribution is 2.34. The maximum atomic E-state index is 12.9. The normalized spacial score (nSPS) is 11.2. The zero-order valence-electron chi connectivity index (χ0n) is 24.2. The number of hydrogen-bond donors (Lipinski definition) is 1. The van der Waals surface area contributed by atoms with Gasteiger partial charge in [0, 0.05) is 6.54 Å². The monoisotopic (exact) mass is 600 g/mol. The van der Waals surface area contributed by atoms with Gasteiger partial charge in [0.25, 0.3) is 0 Å². The van der Waals surface area contributed by atoms with Gasteiger partial charge in [-0.15, -0.1) is 28.1 Å². The molecule has 0 saturated heterocycles. The predicted octanol–water partition coefficient (Wildman–Crippen LogP) is 5.79. The molecule has 0 aliphatic rings. The molecule has 220 valence electrons. The topological polar surface area (TPSA) is 122 Å². The van der Waals surface area contributed by atoms with Gasteiger partial charge < -0.3 is 19.5 Å². The second-order valence-corrected chi connectivity index (χ2v) is 11.9. The molecule has 0 saturated carbocycles. The number of benzene rings is 1. The molecule has 10 nitrogen and oxygen atoms in total. The van der Waals surface area contributed by atoms with Crippen LogP contribution in [0.4, 0.5) is 5.00 Å². The number of nitrogens with one attached hydrogen (secondary N) is 1. The van der Waals surface area contributed by atoms with Crippen LogP contribution in [-0.2, 0) is 32.8 Å². The Bertz CT molecular complexity index is 1390. The smallest absolute Gasteiger partial charge is 0.348 e. The minimum absolute atomic E-state index is 0.0155. The third kappa shape index (κ3) is 8.20. The van der Waals surface area contributed by atoms with Crippen LogP contribution in [0, 0.1) is 6.92 Å². The Hall–Kier alpha value is -3.64. The van der Waals surface area contributed by atoms with Crippen molar-refractivity contribution in [2.75, 3.05) is 24.3 Å². The minimum Gasteiger partial charge on any atom is -0.486 e. The Labute approximate surface area is 248 Å². The largest absolute Gasteiger partial charge is 0.486 e. The van der Waals surface area contributed by atoms with Crippen molar-refractivity contribution in [2.45, 2.75) is 65.3 Å². The lowest BCUT2D eigenvalue weighted by molar-refractivity contribution is -0.113. The van der Waals surface area contributed by atoms with Crippen molar-refractivity contribution in [2.24, 2.45) is 0 Å². The molecule has 0 fully saturated rings. The van der Waals surface area contributed by atoms with Crippen molar-refractivity contribution >= 4 is 45.9 Å². The molecule has 2 heterocycles. The Kier molecular flexibility index (Phi) is 11.1. The summed E-state index contributed by atoms with van der Waals surface area (Å²) in [5, 5.41) is 12.0. The van der Waals surface area contributed by atoms with Crippen molar-refractivity contribution < 1.29 is 28.6 Å².